The molecule has 0 spiro atoms. The fraction of sp³-hybridized carbons (Fsp3) is 0.231. The molecule has 0 fully saturated rings. The van der Waals surface area contributed by atoms with Crippen molar-refractivity contribution < 1.29 is 19.8 Å². The van der Waals surface area contributed by atoms with Crippen LogP contribution < -0.4 is 5.32 Å². The van der Waals surface area contributed by atoms with Crippen molar-refractivity contribution in [2.75, 3.05) is 13.1 Å². The molecular formula is C26H27NO4S2. The van der Waals surface area contributed by atoms with Crippen molar-refractivity contribution >= 4 is 36.0 Å². The molecule has 0 aliphatic heterocycles. The van der Waals surface area contributed by atoms with Gasteiger partial charge in [0.15, 0.2) is 11.6 Å². The first kappa shape index (κ1) is 25.2. The van der Waals surface area contributed by atoms with Crippen LogP contribution in [-0.2, 0) is 0 Å². The minimum Gasteiger partial charge on any atom is -0.392 e. The van der Waals surface area contributed by atoms with Crippen molar-refractivity contribution in [3.8, 4) is 0 Å². The number of carbonyl (C=O) groups is 2. The third kappa shape index (κ3) is 6.56. The summed E-state index contributed by atoms with van der Waals surface area (Å²) in [6, 6.07) is 20.2. The Hall–Kier alpha value is -2.42. The third-order valence-electron chi connectivity index (χ3n) is 4.86. The van der Waals surface area contributed by atoms with Crippen LogP contribution in [-0.4, -0.2) is 47.1 Å². The fourth-order valence-electron chi connectivity index (χ4n) is 3.34. The van der Waals surface area contributed by atoms with Gasteiger partial charge in [0, 0.05) is 50.0 Å². The highest BCUT2D eigenvalue weighted by molar-refractivity contribution is 7.99. The number of rotatable bonds is 6. The first-order chi connectivity index (χ1) is 15.8. The monoisotopic (exact) mass is 481 g/mol. The number of fused-ring (bicyclic) bond motifs is 2. The van der Waals surface area contributed by atoms with E-state index >= 15 is 0 Å². The molecule has 172 valence electrons. The largest absolute Gasteiger partial charge is 0.392 e. The summed E-state index contributed by atoms with van der Waals surface area (Å²) in [5.74, 6) is -0.178. The summed E-state index contributed by atoms with van der Waals surface area (Å²) in [7, 11) is 0. The molecule has 4 rings (SSSR count). The standard InChI is InChI=1S/C20H12O2S2.C6H15NO2/c21-19-14-4-1-2-5-15(14)20(22)18-16(19)6-3-7-17(18)24-13-10-8-12(23)9-11-13;1-5(8)3-7-4-6(2)9/h1-11,23H;5-9H,3-4H2,1-2H3. The van der Waals surface area contributed by atoms with Gasteiger partial charge in [0.1, 0.15) is 0 Å². The number of aliphatic hydroxyl groups is 2. The predicted octanol–water partition coefficient (Wildman–Crippen LogP) is 4.24. The van der Waals surface area contributed by atoms with E-state index in [1.165, 1.54) is 11.8 Å². The molecule has 0 radical (unpaired) electrons. The molecule has 0 saturated carbocycles. The molecule has 0 aromatic heterocycles. The van der Waals surface area contributed by atoms with Crippen LogP contribution in [0.1, 0.15) is 45.7 Å². The molecule has 5 nitrogen and oxygen atoms in total. The zero-order valence-electron chi connectivity index (χ0n) is 18.5. The highest BCUT2D eigenvalue weighted by Crippen LogP contribution is 2.37. The number of nitrogens with one attached hydrogen (secondary N) is 1. The molecule has 0 heterocycles. The van der Waals surface area contributed by atoms with E-state index in [0.717, 1.165) is 14.7 Å². The lowest BCUT2D eigenvalue weighted by Gasteiger charge is -2.19. The van der Waals surface area contributed by atoms with Crippen molar-refractivity contribution in [3.05, 3.63) is 89.0 Å². The van der Waals surface area contributed by atoms with Crippen LogP contribution in [0.3, 0.4) is 0 Å². The predicted molar refractivity (Wildman–Crippen MR) is 134 cm³/mol. The Kier molecular flexibility index (Phi) is 8.88. The zero-order chi connectivity index (χ0) is 24.0. The van der Waals surface area contributed by atoms with Crippen molar-refractivity contribution in [1.29, 1.82) is 0 Å². The van der Waals surface area contributed by atoms with Crippen molar-refractivity contribution in [1.82, 2.24) is 5.32 Å². The fourth-order valence-corrected chi connectivity index (χ4v) is 4.47. The maximum absolute atomic E-state index is 12.9. The van der Waals surface area contributed by atoms with E-state index in [4.69, 9.17) is 10.2 Å². The number of ketones is 2. The Morgan fingerprint density at radius 1 is 0.788 bits per heavy atom. The maximum Gasteiger partial charge on any atom is 0.195 e. The molecule has 1 aliphatic carbocycles. The van der Waals surface area contributed by atoms with Gasteiger partial charge in [0.05, 0.1) is 12.2 Å². The first-order valence-corrected chi connectivity index (χ1v) is 11.9. The summed E-state index contributed by atoms with van der Waals surface area (Å²) in [5, 5.41) is 20.3. The van der Waals surface area contributed by atoms with Crippen LogP contribution in [0.2, 0.25) is 0 Å². The van der Waals surface area contributed by atoms with Gasteiger partial charge in [-0.15, -0.1) is 12.6 Å². The van der Waals surface area contributed by atoms with E-state index in [9.17, 15) is 9.59 Å². The quantitative estimate of drug-likeness (QED) is 0.308. The highest BCUT2D eigenvalue weighted by Gasteiger charge is 2.31. The molecule has 0 amide bonds. The van der Waals surface area contributed by atoms with E-state index in [0.29, 0.717) is 35.3 Å². The van der Waals surface area contributed by atoms with Crippen LogP contribution in [0.15, 0.2) is 81.4 Å². The lowest BCUT2D eigenvalue weighted by atomic mass is 9.84. The lowest BCUT2D eigenvalue weighted by molar-refractivity contribution is 0.0977. The van der Waals surface area contributed by atoms with E-state index < -0.39 is 0 Å². The highest BCUT2D eigenvalue weighted by atomic mass is 32.2. The normalized spacial score (nSPS) is 14.0. The topological polar surface area (TPSA) is 86.6 Å². The molecule has 3 aromatic rings. The Balaban J connectivity index is 0.000000292. The number of hydrogen-bond acceptors (Lipinski definition) is 7. The first-order valence-electron chi connectivity index (χ1n) is 10.6. The van der Waals surface area contributed by atoms with E-state index in [-0.39, 0.29) is 23.8 Å². The molecular weight excluding hydrogens is 454 g/mol. The van der Waals surface area contributed by atoms with Gasteiger partial charge in [-0.1, -0.05) is 48.2 Å². The molecule has 0 bridgehead atoms. The summed E-state index contributed by atoms with van der Waals surface area (Å²) in [6.07, 6.45) is -0.660. The van der Waals surface area contributed by atoms with E-state index in [2.05, 4.69) is 17.9 Å². The molecule has 2 atom stereocenters. The van der Waals surface area contributed by atoms with Gasteiger partial charge in [-0.2, -0.15) is 0 Å². The number of carbonyl (C=O) groups excluding carboxylic acids is 2. The summed E-state index contributed by atoms with van der Waals surface area (Å²) < 4.78 is 0. The zero-order valence-corrected chi connectivity index (χ0v) is 20.2. The average Bonchev–Trinajstić information content (AvgIpc) is 2.79. The second kappa shape index (κ2) is 11.6. The van der Waals surface area contributed by atoms with Crippen LogP contribution >= 0.6 is 24.4 Å². The van der Waals surface area contributed by atoms with Gasteiger partial charge >= 0.3 is 0 Å². The Morgan fingerprint density at radius 3 is 1.91 bits per heavy atom. The van der Waals surface area contributed by atoms with E-state index in [1.54, 1.807) is 44.2 Å². The van der Waals surface area contributed by atoms with Crippen LogP contribution in [0.4, 0.5) is 0 Å². The lowest BCUT2D eigenvalue weighted by Crippen LogP contribution is -2.30. The number of benzene rings is 3. The number of aliphatic hydroxyl groups excluding tert-OH is 2. The van der Waals surface area contributed by atoms with E-state index in [1.807, 2.05) is 36.4 Å². The molecule has 1 aliphatic rings. The Morgan fingerprint density at radius 2 is 1.33 bits per heavy atom. The summed E-state index contributed by atoms with van der Waals surface area (Å²) >= 11 is 5.77. The summed E-state index contributed by atoms with van der Waals surface area (Å²) in [6.45, 7) is 4.50. The second-order valence-electron chi connectivity index (χ2n) is 7.83. The van der Waals surface area contributed by atoms with Gasteiger partial charge in [-0.05, 0) is 44.2 Å². The average molecular weight is 482 g/mol. The van der Waals surface area contributed by atoms with Gasteiger partial charge in [0.2, 0.25) is 0 Å². The van der Waals surface area contributed by atoms with Gasteiger partial charge in [-0.3, -0.25) is 9.59 Å². The molecule has 33 heavy (non-hydrogen) atoms. The minimum atomic E-state index is -0.330. The van der Waals surface area contributed by atoms with Crippen LogP contribution in [0.25, 0.3) is 0 Å². The van der Waals surface area contributed by atoms with Crippen LogP contribution in [0.5, 0.6) is 0 Å². The Bertz CT molecular complexity index is 1120. The molecule has 0 saturated heterocycles. The number of hydrogen-bond donors (Lipinski definition) is 4. The number of thiol groups is 1. The molecule has 3 aromatic carbocycles. The van der Waals surface area contributed by atoms with Crippen LogP contribution in [0, 0.1) is 0 Å². The SMILES string of the molecule is CC(O)CNCC(C)O.O=C1c2ccccc2C(=O)c2c(Sc3ccc(S)cc3)cccc21. The molecule has 3 N–H and O–H groups in total. The minimum absolute atomic E-state index is 0.0888. The van der Waals surface area contributed by atoms with Gasteiger partial charge < -0.3 is 15.5 Å². The molecule has 7 heteroatoms. The smallest absolute Gasteiger partial charge is 0.195 e. The second-order valence-corrected chi connectivity index (χ2v) is 9.47. The third-order valence-corrected chi connectivity index (χ3v) is 6.22. The maximum atomic E-state index is 12.9. The summed E-state index contributed by atoms with van der Waals surface area (Å²) in [4.78, 5) is 28.4. The van der Waals surface area contributed by atoms with Crippen molar-refractivity contribution in [2.24, 2.45) is 0 Å². The van der Waals surface area contributed by atoms with Crippen molar-refractivity contribution in [2.45, 2.75) is 40.7 Å². The summed E-state index contributed by atoms with van der Waals surface area (Å²) in [5.41, 5.74) is 1.95. The Labute approximate surface area is 203 Å². The van der Waals surface area contributed by atoms with Gasteiger partial charge in [-0.25, -0.2) is 0 Å². The molecule has 2 unspecified atom stereocenters. The van der Waals surface area contributed by atoms with Crippen molar-refractivity contribution in [3.63, 3.8) is 0 Å². The van der Waals surface area contributed by atoms with Gasteiger partial charge in [0.25, 0.3) is 0 Å².